The number of nitro groups is 1. The highest BCUT2D eigenvalue weighted by molar-refractivity contribution is 8.11. The topological polar surface area (TPSA) is 95.5 Å². The van der Waals surface area contributed by atoms with Crippen molar-refractivity contribution in [3.63, 3.8) is 0 Å². The van der Waals surface area contributed by atoms with E-state index in [0.29, 0.717) is 16.8 Å². The zero-order valence-corrected chi connectivity index (χ0v) is 9.62. The maximum atomic E-state index is 10.6. The highest BCUT2D eigenvalue weighted by atomic mass is 32.2. The van der Waals surface area contributed by atoms with Crippen LogP contribution in [0, 0.1) is 23.0 Å². The highest BCUT2D eigenvalue weighted by Gasteiger charge is 2.10. The van der Waals surface area contributed by atoms with Gasteiger partial charge < -0.3 is 4.74 Å². The number of carbonyl (C=O) groups is 1. The molecule has 2 N–H and O–H groups in total. The molecule has 0 amide bonds. The SMILES string of the molecule is C#C.NSC(=O)OCc1cc([N+](=O)[O-])cs1. The lowest BCUT2D eigenvalue weighted by molar-refractivity contribution is -0.384. The van der Waals surface area contributed by atoms with Crippen LogP contribution in [-0.4, -0.2) is 10.2 Å². The van der Waals surface area contributed by atoms with E-state index in [2.05, 4.69) is 17.6 Å². The first-order valence-electron chi connectivity index (χ1n) is 3.72. The fourth-order valence-electron chi connectivity index (χ4n) is 0.705. The predicted octanol–water partition coefficient (Wildman–Crippen LogP) is 2.15. The van der Waals surface area contributed by atoms with Gasteiger partial charge in [-0.1, -0.05) is 0 Å². The quantitative estimate of drug-likeness (QED) is 0.294. The molecule has 8 heteroatoms. The summed E-state index contributed by atoms with van der Waals surface area (Å²) in [4.78, 5) is 21.0. The third kappa shape index (κ3) is 4.79. The van der Waals surface area contributed by atoms with E-state index in [9.17, 15) is 14.9 Å². The van der Waals surface area contributed by atoms with Crippen molar-refractivity contribution in [2.75, 3.05) is 0 Å². The van der Waals surface area contributed by atoms with Crippen molar-refractivity contribution in [2.24, 2.45) is 5.14 Å². The summed E-state index contributed by atoms with van der Waals surface area (Å²) in [6, 6.07) is 1.36. The Morgan fingerprint density at radius 1 is 1.69 bits per heavy atom. The van der Waals surface area contributed by atoms with Crippen LogP contribution in [0.5, 0.6) is 0 Å². The van der Waals surface area contributed by atoms with Gasteiger partial charge >= 0.3 is 5.30 Å². The van der Waals surface area contributed by atoms with Crippen LogP contribution < -0.4 is 5.14 Å². The number of nitrogens with two attached hydrogens (primary N) is 1. The third-order valence-electron chi connectivity index (χ3n) is 1.28. The molecule has 0 spiro atoms. The molecule has 1 aromatic heterocycles. The van der Waals surface area contributed by atoms with Crippen molar-refractivity contribution in [2.45, 2.75) is 6.61 Å². The van der Waals surface area contributed by atoms with Crippen LogP contribution in [0.3, 0.4) is 0 Å². The molecule has 0 radical (unpaired) electrons. The fraction of sp³-hybridized carbons (Fsp3) is 0.125. The summed E-state index contributed by atoms with van der Waals surface area (Å²) >= 11 is 1.63. The summed E-state index contributed by atoms with van der Waals surface area (Å²) in [6.07, 6.45) is 8.00. The second kappa shape index (κ2) is 7.70. The molecule has 0 unspecified atom stereocenters. The molecule has 1 heterocycles. The minimum absolute atomic E-state index is 0.00134. The first-order chi connectivity index (χ1) is 7.63. The average Bonchev–Trinajstić information content (AvgIpc) is 2.77. The van der Waals surface area contributed by atoms with Gasteiger partial charge in [-0.05, 0) is 0 Å². The van der Waals surface area contributed by atoms with E-state index in [1.807, 2.05) is 0 Å². The minimum Gasteiger partial charge on any atom is -0.451 e. The fourth-order valence-corrected chi connectivity index (χ4v) is 1.57. The summed E-state index contributed by atoms with van der Waals surface area (Å²) in [7, 11) is 0. The van der Waals surface area contributed by atoms with Gasteiger partial charge in [-0.15, -0.1) is 24.2 Å². The van der Waals surface area contributed by atoms with Crippen molar-refractivity contribution in [1.29, 1.82) is 0 Å². The molecule has 16 heavy (non-hydrogen) atoms. The van der Waals surface area contributed by atoms with Crippen molar-refractivity contribution in [1.82, 2.24) is 0 Å². The van der Waals surface area contributed by atoms with Crippen LogP contribution >= 0.6 is 23.3 Å². The van der Waals surface area contributed by atoms with E-state index in [-0.39, 0.29) is 12.3 Å². The van der Waals surface area contributed by atoms with Crippen LogP contribution in [0.1, 0.15) is 4.88 Å². The molecule has 0 bridgehead atoms. The number of nitrogens with zero attached hydrogens (tertiary/aromatic N) is 1. The van der Waals surface area contributed by atoms with Crippen LogP contribution in [0.15, 0.2) is 11.4 Å². The van der Waals surface area contributed by atoms with Crippen molar-refractivity contribution >= 4 is 34.3 Å². The van der Waals surface area contributed by atoms with Gasteiger partial charge in [-0.3, -0.25) is 15.3 Å². The Morgan fingerprint density at radius 2 is 2.31 bits per heavy atom. The summed E-state index contributed by atoms with van der Waals surface area (Å²) < 4.78 is 4.66. The Kier molecular flexibility index (Phi) is 6.95. The molecule has 0 aliphatic heterocycles. The Labute approximate surface area is 100 Å². The van der Waals surface area contributed by atoms with E-state index in [4.69, 9.17) is 5.14 Å². The van der Waals surface area contributed by atoms with Gasteiger partial charge in [0.05, 0.1) is 10.3 Å². The molecule has 1 rings (SSSR count). The normalized spacial score (nSPS) is 8.69. The van der Waals surface area contributed by atoms with Crippen molar-refractivity contribution < 1.29 is 14.5 Å². The van der Waals surface area contributed by atoms with Gasteiger partial charge in [0.15, 0.2) is 0 Å². The Morgan fingerprint density at radius 3 is 2.75 bits per heavy atom. The zero-order valence-electron chi connectivity index (χ0n) is 7.99. The van der Waals surface area contributed by atoms with E-state index < -0.39 is 10.2 Å². The van der Waals surface area contributed by atoms with Gasteiger partial charge in [0.1, 0.15) is 6.61 Å². The van der Waals surface area contributed by atoms with Crippen LogP contribution in [0.25, 0.3) is 0 Å². The zero-order chi connectivity index (χ0) is 12.6. The Bertz CT molecular complexity index is 388. The molecule has 0 aliphatic rings. The summed E-state index contributed by atoms with van der Waals surface area (Å²) in [5, 5.41) is 16.0. The van der Waals surface area contributed by atoms with Gasteiger partial charge in [0.25, 0.3) is 5.69 Å². The molecule has 1 aromatic rings. The lowest BCUT2D eigenvalue weighted by Gasteiger charge is -1.97. The summed E-state index contributed by atoms with van der Waals surface area (Å²) in [5.74, 6) is 0. The molecule has 86 valence electrons. The van der Waals surface area contributed by atoms with E-state index >= 15 is 0 Å². The standard InChI is InChI=1S/C6H6N2O4S2.C2H2/c7-14-6(9)12-2-5-1-4(3-13-5)8(10)11;1-2/h1,3H,2,7H2;1-2H. The van der Waals surface area contributed by atoms with Gasteiger partial charge in [-0.25, -0.2) is 4.79 Å². The number of ether oxygens (including phenoxy) is 1. The highest BCUT2D eigenvalue weighted by Crippen LogP contribution is 2.22. The van der Waals surface area contributed by atoms with Crippen LogP contribution in [0.2, 0.25) is 0 Å². The summed E-state index contributed by atoms with van der Waals surface area (Å²) in [6.45, 7) is 0.0154. The number of hydrogen-bond donors (Lipinski definition) is 1. The predicted molar refractivity (Wildman–Crippen MR) is 62.8 cm³/mol. The smallest absolute Gasteiger partial charge is 0.382 e. The van der Waals surface area contributed by atoms with Gasteiger partial charge in [-0.2, -0.15) is 0 Å². The molecule has 0 saturated heterocycles. The number of rotatable bonds is 3. The molecule has 0 atom stereocenters. The largest absolute Gasteiger partial charge is 0.451 e. The number of thiophene rings is 1. The lowest BCUT2D eigenvalue weighted by Crippen LogP contribution is -1.99. The molecular formula is C8H8N2O4S2. The van der Waals surface area contributed by atoms with Crippen LogP contribution in [0.4, 0.5) is 10.5 Å². The number of carbonyl (C=O) groups excluding carboxylic acids is 1. The summed E-state index contributed by atoms with van der Waals surface area (Å²) in [5.41, 5.74) is 0.00134. The van der Waals surface area contributed by atoms with E-state index in [1.165, 1.54) is 11.4 Å². The third-order valence-corrected chi connectivity index (χ3v) is 2.49. The van der Waals surface area contributed by atoms with E-state index in [0.717, 1.165) is 11.3 Å². The van der Waals surface area contributed by atoms with E-state index in [1.54, 1.807) is 0 Å². The second-order valence-corrected chi connectivity index (χ2v) is 3.75. The monoisotopic (exact) mass is 260 g/mol. The maximum absolute atomic E-state index is 10.6. The van der Waals surface area contributed by atoms with Gasteiger partial charge in [0.2, 0.25) is 0 Å². The number of hydrogen-bond acceptors (Lipinski definition) is 7. The lowest BCUT2D eigenvalue weighted by atomic mass is 10.4. The molecule has 0 fully saturated rings. The van der Waals surface area contributed by atoms with Crippen molar-refractivity contribution in [3.05, 3.63) is 26.4 Å². The average molecular weight is 260 g/mol. The first-order valence-corrected chi connectivity index (χ1v) is 5.48. The molecule has 0 saturated carbocycles. The van der Waals surface area contributed by atoms with Crippen LogP contribution in [-0.2, 0) is 11.3 Å². The Hall–Kier alpha value is -1.56. The molecule has 6 nitrogen and oxygen atoms in total. The second-order valence-electron chi connectivity index (χ2n) is 2.18. The van der Waals surface area contributed by atoms with Crippen molar-refractivity contribution in [3.8, 4) is 12.8 Å². The minimum atomic E-state index is -0.610. The molecule has 0 aromatic carbocycles. The maximum Gasteiger partial charge on any atom is 0.382 e. The first kappa shape index (κ1) is 14.4. The molecular weight excluding hydrogens is 252 g/mol. The molecule has 0 aliphatic carbocycles. The Balaban J connectivity index is 0.00000106. The van der Waals surface area contributed by atoms with Gasteiger partial charge in [0, 0.05) is 22.9 Å². The number of terminal acetylenes is 1.